The van der Waals surface area contributed by atoms with Crippen molar-refractivity contribution >= 4 is 17.8 Å². The molecule has 25 heavy (non-hydrogen) atoms. The van der Waals surface area contributed by atoms with Crippen LogP contribution in [0.25, 0.3) is 0 Å². The topological polar surface area (TPSA) is 100 Å². The quantitative estimate of drug-likeness (QED) is 0.863. The monoisotopic (exact) mass is 343 g/mol. The van der Waals surface area contributed by atoms with E-state index in [9.17, 15) is 9.59 Å². The summed E-state index contributed by atoms with van der Waals surface area (Å²) in [6.07, 6.45) is 5.69. The zero-order valence-corrected chi connectivity index (χ0v) is 13.9. The number of rotatable bonds is 5. The number of amides is 2. The number of hydrogen-bond donors (Lipinski definition) is 2. The average molecular weight is 343 g/mol. The van der Waals surface area contributed by atoms with Crippen LogP contribution in [0.4, 0.5) is 5.95 Å². The Morgan fingerprint density at radius 1 is 1.16 bits per heavy atom. The maximum absolute atomic E-state index is 12.4. The van der Waals surface area contributed by atoms with Crippen molar-refractivity contribution in [3.63, 3.8) is 0 Å². The second-order valence-corrected chi connectivity index (χ2v) is 5.87. The van der Waals surface area contributed by atoms with E-state index in [1.807, 2.05) is 4.90 Å². The first kappa shape index (κ1) is 16.9. The van der Waals surface area contributed by atoms with E-state index in [1.54, 1.807) is 24.3 Å². The standard InChI is InChI=1S/C17H21N5O3/c23-15(22-9-5-1-2-6-10-22)11-25-14-8-4-3-7-13(14)16(24)20-17-18-12-19-21-17/h3-4,7-8,12H,1-2,5-6,9-11H2,(H2,18,19,20,21,24). The van der Waals surface area contributed by atoms with Crippen molar-refractivity contribution in [3.05, 3.63) is 36.2 Å². The second kappa shape index (κ2) is 8.27. The predicted molar refractivity (Wildman–Crippen MR) is 91.3 cm³/mol. The minimum atomic E-state index is -0.380. The normalized spacial score (nSPS) is 14.6. The lowest BCUT2D eigenvalue weighted by Crippen LogP contribution is -2.35. The molecular formula is C17H21N5O3. The minimum Gasteiger partial charge on any atom is -0.483 e. The number of aromatic nitrogens is 3. The van der Waals surface area contributed by atoms with Crippen LogP contribution in [0.1, 0.15) is 36.0 Å². The van der Waals surface area contributed by atoms with E-state index in [0.717, 1.165) is 38.8 Å². The van der Waals surface area contributed by atoms with Gasteiger partial charge in [-0.2, -0.15) is 10.1 Å². The summed E-state index contributed by atoms with van der Waals surface area (Å²) in [7, 11) is 0. The summed E-state index contributed by atoms with van der Waals surface area (Å²) in [5.41, 5.74) is 0.336. The molecule has 8 heteroatoms. The van der Waals surface area contributed by atoms with Gasteiger partial charge in [-0.25, -0.2) is 5.10 Å². The molecule has 0 aliphatic carbocycles. The first-order valence-electron chi connectivity index (χ1n) is 8.40. The van der Waals surface area contributed by atoms with Crippen LogP contribution in [0, 0.1) is 0 Å². The van der Waals surface area contributed by atoms with Crippen molar-refractivity contribution in [3.8, 4) is 5.75 Å². The summed E-state index contributed by atoms with van der Waals surface area (Å²) in [5, 5.41) is 8.83. The van der Waals surface area contributed by atoms with E-state index in [4.69, 9.17) is 4.74 Å². The molecule has 0 atom stereocenters. The van der Waals surface area contributed by atoms with E-state index in [0.29, 0.717) is 11.3 Å². The Morgan fingerprint density at radius 3 is 2.64 bits per heavy atom. The molecule has 2 aromatic rings. The zero-order valence-electron chi connectivity index (χ0n) is 13.9. The molecule has 2 N–H and O–H groups in total. The molecule has 8 nitrogen and oxygen atoms in total. The molecule has 0 bridgehead atoms. The molecule has 1 aromatic heterocycles. The maximum Gasteiger partial charge on any atom is 0.261 e. The molecule has 1 aliphatic heterocycles. The van der Waals surface area contributed by atoms with Gasteiger partial charge in [-0.05, 0) is 25.0 Å². The molecule has 1 aliphatic rings. The Labute approximate surface area is 145 Å². The lowest BCUT2D eigenvalue weighted by molar-refractivity contribution is -0.133. The molecule has 1 saturated heterocycles. The van der Waals surface area contributed by atoms with Gasteiger partial charge in [0.15, 0.2) is 6.61 Å². The largest absolute Gasteiger partial charge is 0.483 e. The first-order valence-corrected chi connectivity index (χ1v) is 8.40. The molecule has 132 valence electrons. The third-order valence-electron chi connectivity index (χ3n) is 4.09. The van der Waals surface area contributed by atoms with Crippen LogP contribution in [0.5, 0.6) is 5.75 Å². The fourth-order valence-corrected chi connectivity index (χ4v) is 2.77. The van der Waals surface area contributed by atoms with Crippen molar-refractivity contribution in [1.29, 1.82) is 0 Å². The number of aromatic amines is 1. The van der Waals surface area contributed by atoms with Gasteiger partial charge >= 0.3 is 0 Å². The van der Waals surface area contributed by atoms with Gasteiger partial charge < -0.3 is 9.64 Å². The Hall–Kier alpha value is -2.90. The Bertz CT molecular complexity index is 709. The van der Waals surface area contributed by atoms with Crippen LogP contribution in [-0.4, -0.2) is 51.6 Å². The number of anilines is 1. The zero-order chi connectivity index (χ0) is 17.5. The number of nitrogens with one attached hydrogen (secondary N) is 2. The van der Waals surface area contributed by atoms with E-state index in [2.05, 4.69) is 20.5 Å². The summed E-state index contributed by atoms with van der Waals surface area (Å²) < 4.78 is 5.64. The summed E-state index contributed by atoms with van der Waals surface area (Å²) in [5.74, 6) is 0.185. The van der Waals surface area contributed by atoms with Crippen molar-refractivity contribution in [2.24, 2.45) is 0 Å². The predicted octanol–water partition coefficient (Wildman–Crippen LogP) is 1.84. The number of para-hydroxylation sites is 1. The molecule has 0 radical (unpaired) electrons. The third kappa shape index (κ3) is 4.56. The fourth-order valence-electron chi connectivity index (χ4n) is 2.77. The van der Waals surface area contributed by atoms with Gasteiger partial charge in [0.05, 0.1) is 5.56 Å². The molecule has 2 amide bonds. The highest BCUT2D eigenvalue weighted by atomic mass is 16.5. The van der Waals surface area contributed by atoms with Crippen LogP contribution in [0.2, 0.25) is 0 Å². The smallest absolute Gasteiger partial charge is 0.261 e. The molecule has 2 heterocycles. The van der Waals surface area contributed by atoms with E-state index >= 15 is 0 Å². The number of carbonyl (C=O) groups is 2. The molecule has 3 rings (SSSR count). The van der Waals surface area contributed by atoms with Crippen molar-refractivity contribution in [2.45, 2.75) is 25.7 Å². The third-order valence-corrected chi connectivity index (χ3v) is 4.09. The summed E-state index contributed by atoms with van der Waals surface area (Å²) in [6, 6.07) is 6.80. The van der Waals surface area contributed by atoms with Crippen molar-refractivity contribution in [2.75, 3.05) is 25.0 Å². The molecular weight excluding hydrogens is 322 g/mol. The van der Waals surface area contributed by atoms with Gasteiger partial charge in [-0.3, -0.25) is 14.9 Å². The van der Waals surface area contributed by atoms with Crippen LogP contribution < -0.4 is 10.1 Å². The summed E-state index contributed by atoms with van der Waals surface area (Å²) in [4.78, 5) is 30.4. The number of nitrogens with zero attached hydrogens (tertiary/aromatic N) is 3. The van der Waals surface area contributed by atoms with Gasteiger partial charge in [0.25, 0.3) is 11.8 Å². The lowest BCUT2D eigenvalue weighted by Gasteiger charge is -2.20. The van der Waals surface area contributed by atoms with Crippen LogP contribution in [0.15, 0.2) is 30.6 Å². The maximum atomic E-state index is 12.4. The van der Waals surface area contributed by atoms with Gasteiger partial charge in [-0.15, -0.1) is 0 Å². The highest BCUT2D eigenvalue weighted by molar-refractivity contribution is 6.05. The molecule has 0 saturated carbocycles. The van der Waals surface area contributed by atoms with Crippen molar-refractivity contribution in [1.82, 2.24) is 20.1 Å². The van der Waals surface area contributed by atoms with Gasteiger partial charge in [-0.1, -0.05) is 25.0 Å². The number of carbonyl (C=O) groups excluding carboxylic acids is 2. The van der Waals surface area contributed by atoms with Gasteiger partial charge in [0, 0.05) is 13.1 Å². The van der Waals surface area contributed by atoms with E-state index < -0.39 is 0 Å². The highest BCUT2D eigenvalue weighted by Crippen LogP contribution is 2.19. The lowest BCUT2D eigenvalue weighted by atomic mass is 10.2. The van der Waals surface area contributed by atoms with E-state index in [1.165, 1.54) is 6.33 Å². The highest BCUT2D eigenvalue weighted by Gasteiger charge is 2.18. The molecule has 0 unspecified atom stereocenters. The minimum absolute atomic E-state index is 0.0488. The summed E-state index contributed by atoms with van der Waals surface area (Å²) in [6.45, 7) is 1.47. The van der Waals surface area contributed by atoms with Gasteiger partial charge in [0.2, 0.25) is 5.95 Å². The van der Waals surface area contributed by atoms with Crippen LogP contribution in [-0.2, 0) is 4.79 Å². The van der Waals surface area contributed by atoms with Gasteiger partial charge in [0.1, 0.15) is 12.1 Å². The molecule has 1 aromatic carbocycles. The number of H-pyrrole nitrogens is 1. The van der Waals surface area contributed by atoms with Crippen molar-refractivity contribution < 1.29 is 14.3 Å². The van der Waals surface area contributed by atoms with E-state index in [-0.39, 0.29) is 24.4 Å². The molecule has 1 fully saturated rings. The van der Waals surface area contributed by atoms with Crippen LogP contribution >= 0.6 is 0 Å². The Kier molecular flexibility index (Phi) is 5.61. The Morgan fingerprint density at radius 2 is 1.92 bits per heavy atom. The number of ether oxygens (including phenoxy) is 1. The Balaban J connectivity index is 1.62. The number of likely N-dealkylation sites (tertiary alicyclic amines) is 1. The summed E-state index contributed by atoms with van der Waals surface area (Å²) >= 11 is 0. The first-order chi connectivity index (χ1) is 12.2. The molecule has 0 spiro atoms. The number of hydrogen-bond acceptors (Lipinski definition) is 5. The number of benzene rings is 1. The average Bonchev–Trinajstić information content (AvgIpc) is 2.99. The fraction of sp³-hybridized carbons (Fsp3) is 0.412. The second-order valence-electron chi connectivity index (χ2n) is 5.87. The SMILES string of the molecule is O=C(Nc1ncn[nH]1)c1ccccc1OCC(=O)N1CCCCCC1. The van der Waals surface area contributed by atoms with Crippen LogP contribution in [0.3, 0.4) is 0 Å².